The normalized spacial score (nSPS) is 21.1. The maximum atomic E-state index is 12.6. The highest BCUT2D eigenvalue weighted by atomic mass is 19.3. The first-order chi connectivity index (χ1) is 7.53. The Kier molecular flexibility index (Phi) is 5.08. The van der Waals surface area contributed by atoms with E-state index in [2.05, 4.69) is 5.32 Å². The number of nitrogens with one attached hydrogen (secondary N) is 1. The Hall–Kier alpha value is -0.750. The Bertz CT molecular complexity index is 230. The maximum absolute atomic E-state index is 12.6. The van der Waals surface area contributed by atoms with Gasteiger partial charge in [0.15, 0.2) is 0 Å². The molecule has 94 valence electrons. The Balaban J connectivity index is 2.10. The van der Waals surface area contributed by atoms with E-state index in [-0.39, 0.29) is 12.5 Å². The molecule has 2 N–H and O–H groups in total. The van der Waals surface area contributed by atoms with Gasteiger partial charge in [0.1, 0.15) is 6.61 Å². The molecule has 0 radical (unpaired) electrons. The Labute approximate surface area is 93.0 Å². The number of aliphatic hydroxyl groups is 1. The molecule has 1 atom stereocenters. The first-order valence-corrected chi connectivity index (χ1v) is 5.40. The minimum atomic E-state index is -3.24. The summed E-state index contributed by atoms with van der Waals surface area (Å²) < 4.78 is 30.4. The number of ether oxygens (including phenoxy) is 1. The van der Waals surface area contributed by atoms with Crippen molar-refractivity contribution in [1.82, 2.24) is 5.32 Å². The number of aliphatic hydroxyl groups excluding tert-OH is 1. The van der Waals surface area contributed by atoms with E-state index in [1.165, 1.54) is 0 Å². The van der Waals surface area contributed by atoms with E-state index in [0.717, 1.165) is 19.4 Å². The molecule has 1 fully saturated rings. The van der Waals surface area contributed by atoms with Gasteiger partial charge in [-0.25, -0.2) is 8.78 Å². The van der Waals surface area contributed by atoms with E-state index in [4.69, 9.17) is 9.84 Å². The van der Waals surface area contributed by atoms with Crippen LogP contribution in [0.25, 0.3) is 0 Å². The summed E-state index contributed by atoms with van der Waals surface area (Å²) in [7, 11) is 0. The smallest absolute Gasteiger partial charge is 0.287 e. The average Bonchev–Trinajstić information content (AvgIpc) is 2.76. The lowest BCUT2D eigenvalue weighted by Gasteiger charge is -2.14. The zero-order chi connectivity index (χ0) is 12.0. The number of carbonyl (C=O) groups excluding carboxylic acids is 1. The fourth-order valence-corrected chi connectivity index (χ4v) is 1.54. The van der Waals surface area contributed by atoms with Crippen LogP contribution in [0.5, 0.6) is 0 Å². The van der Waals surface area contributed by atoms with Crippen LogP contribution >= 0.6 is 0 Å². The molecule has 1 unspecified atom stereocenters. The fourth-order valence-electron chi connectivity index (χ4n) is 1.54. The predicted molar refractivity (Wildman–Crippen MR) is 53.3 cm³/mol. The van der Waals surface area contributed by atoms with E-state index in [9.17, 15) is 13.6 Å². The van der Waals surface area contributed by atoms with E-state index < -0.39 is 25.0 Å². The van der Waals surface area contributed by atoms with Gasteiger partial charge in [0, 0.05) is 13.0 Å². The molecular weight excluding hydrogens is 220 g/mol. The van der Waals surface area contributed by atoms with E-state index >= 15 is 0 Å². The van der Waals surface area contributed by atoms with Crippen molar-refractivity contribution in [3.8, 4) is 0 Å². The molecule has 1 amide bonds. The molecule has 0 saturated carbocycles. The number of halogens is 2. The van der Waals surface area contributed by atoms with Gasteiger partial charge in [-0.1, -0.05) is 0 Å². The van der Waals surface area contributed by atoms with Crippen molar-refractivity contribution < 1.29 is 23.4 Å². The van der Waals surface area contributed by atoms with Gasteiger partial charge in [0.05, 0.1) is 12.6 Å². The van der Waals surface area contributed by atoms with Crippen LogP contribution in [-0.4, -0.2) is 42.8 Å². The number of carbonyl (C=O) groups is 1. The van der Waals surface area contributed by atoms with Crippen molar-refractivity contribution in [2.75, 3.05) is 19.8 Å². The first kappa shape index (κ1) is 13.3. The number of rotatable bonds is 6. The van der Waals surface area contributed by atoms with E-state index in [0.29, 0.717) is 6.42 Å². The van der Waals surface area contributed by atoms with Gasteiger partial charge in [0.25, 0.3) is 5.92 Å². The number of hydrogen-bond donors (Lipinski definition) is 2. The lowest BCUT2D eigenvalue weighted by atomic mass is 10.1. The second-order valence-corrected chi connectivity index (χ2v) is 3.96. The minimum absolute atomic E-state index is 0.0871. The van der Waals surface area contributed by atoms with Crippen LogP contribution in [0.3, 0.4) is 0 Å². The zero-order valence-electron chi connectivity index (χ0n) is 9.05. The molecule has 0 aromatic rings. The van der Waals surface area contributed by atoms with Crippen LogP contribution in [0.2, 0.25) is 0 Å². The Morgan fingerprint density at radius 3 is 2.88 bits per heavy atom. The van der Waals surface area contributed by atoms with Gasteiger partial charge >= 0.3 is 0 Å². The number of amides is 1. The van der Waals surface area contributed by atoms with Crippen LogP contribution in [0.4, 0.5) is 8.78 Å². The van der Waals surface area contributed by atoms with Gasteiger partial charge in [-0.3, -0.25) is 4.79 Å². The molecule has 6 heteroatoms. The summed E-state index contributed by atoms with van der Waals surface area (Å²) in [5.41, 5.74) is 0. The van der Waals surface area contributed by atoms with Crippen LogP contribution in [0.1, 0.15) is 25.7 Å². The molecule has 0 spiro atoms. The molecule has 0 aliphatic carbocycles. The van der Waals surface area contributed by atoms with Crippen LogP contribution in [0.15, 0.2) is 0 Å². The van der Waals surface area contributed by atoms with E-state index in [1.54, 1.807) is 0 Å². The fraction of sp³-hybridized carbons (Fsp3) is 0.900. The molecule has 0 bridgehead atoms. The third kappa shape index (κ3) is 4.85. The summed E-state index contributed by atoms with van der Waals surface area (Å²) >= 11 is 0. The predicted octanol–water partition coefficient (Wildman–Crippen LogP) is 0.689. The van der Waals surface area contributed by atoms with Gasteiger partial charge in [0.2, 0.25) is 5.91 Å². The number of hydrogen-bond acceptors (Lipinski definition) is 3. The largest absolute Gasteiger partial charge is 0.390 e. The number of alkyl halides is 2. The molecule has 1 rings (SSSR count). The second-order valence-electron chi connectivity index (χ2n) is 3.96. The second kappa shape index (κ2) is 6.10. The van der Waals surface area contributed by atoms with Crippen LogP contribution < -0.4 is 5.32 Å². The average molecular weight is 237 g/mol. The molecule has 1 heterocycles. The summed E-state index contributed by atoms with van der Waals surface area (Å²) in [5, 5.41) is 10.4. The third-order valence-electron chi connectivity index (χ3n) is 2.49. The van der Waals surface area contributed by atoms with E-state index in [1.807, 2.05) is 0 Å². The highest BCUT2D eigenvalue weighted by Gasteiger charge is 2.28. The quantitative estimate of drug-likeness (QED) is 0.714. The molecular formula is C10H17F2NO3. The van der Waals surface area contributed by atoms with Crippen LogP contribution in [-0.2, 0) is 9.53 Å². The Morgan fingerprint density at radius 2 is 2.31 bits per heavy atom. The molecule has 0 aromatic carbocycles. The molecule has 0 aromatic heterocycles. The van der Waals surface area contributed by atoms with Crippen molar-refractivity contribution in [3.05, 3.63) is 0 Å². The summed E-state index contributed by atoms with van der Waals surface area (Å²) in [5.74, 6) is -3.66. The maximum Gasteiger partial charge on any atom is 0.287 e. The van der Waals surface area contributed by atoms with Gasteiger partial charge in [-0.2, -0.15) is 0 Å². The molecule has 4 nitrogen and oxygen atoms in total. The minimum Gasteiger partial charge on any atom is -0.390 e. The first-order valence-electron chi connectivity index (χ1n) is 5.40. The topological polar surface area (TPSA) is 58.6 Å². The zero-order valence-corrected chi connectivity index (χ0v) is 9.05. The molecule has 1 aliphatic rings. The van der Waals surface area contributed by atoms with Crippen molar-refractivity contribution in [1.29, 1.82) is 0 Å². The monoisotopic (exact) mass is 237 g/mol. The van der Waals surface area contributed by atoms with Crippen LogP contribution in [0, 0.1) is 0 Å². The van der Waals surface area contributed by atoms with Gasteiger partial charge < -0.3 is 15.2 Å². The highest BCUT2D eigenvalue weighted by Crippen LogP contribution is 2.16. The SMILES string of the molecule is O=C(CCC1CCCO1)NCC(F)(F)CO. The highest BCUT2D eigenvalue weighted by molar-refractivity contribution is 5.75. The summed E-state index contributed by atoms with van der Waals surface area (Å²) in [6.45, 7) is -1.35. The lowest BCUT2D eigenvalue weighted by molar-refractivity contribution is -0.124. The van der Waals surface area contributed by atoms with Gasteiger partial charge in [-0.05, 0) is 19.3 Å². The standard InChI is InChI=1S/C10H17F2NO3/c11-10(12,7-14)6-13-9(15)4-3-8-2-1-5-16-8/h8,14H,1-7H2,(H,13,15). The van der Waals surface area contributed by atoms with Crippen molar-refractivity contribution in [3.63, 3.8) is 0 Å². The summed E-state index contributed by atoms with van der Waals surface area (Å²) in [6.07, 6.45) is 2.77. The Morgan fingerprint density at radius 1 is 1.56 bits per heavy atom. The molecule has 1 aliphatic heterocycles. The van der Waals surface area contributed by atoms with Crippen molar-refractivity contribution >= 4 is 5.91 Å². The summed E-state index contributed by atoms with van der Waals surface area (Å²) in [4.78, 5) is 11.2. The van der Waals surface area contributed by atoms with Crippen molar-refractivity contribution in [2.24, 2.45) is 0 Å². The third-order valence-corrected chi connectivity index (χ3v) is 2.49. The molecule has 1 saturated heterocycles. The summed E-state index contributed by atoms with van der Waals surface area (Å²) in [6, 6.07) is 0. The van der Waals surface area contributed by atoms with Gasteiger partial charge in [-0.15, -0.1) is 0 Å². The molecule has 16 heavy (non-hydrogen) atoms. The lowest BCUT2D eigenvalue weighted by Crippen LogP contribution is -2.39. The van der Waals surface area contributed by atoms with Crippen molar-refractivity contribution in [2.45, 2.75) is 37.7 Å².